The second-order valence-corrected chi connectivity index (χ2v) is 3.05. The van der Waals surface area contributed by atoms with Crippen molar-refractivity contribution in [2.45, 2.75) is 6.54 Å². The molecular formula is C7H4ClFN2O4. The molecule has 0 saturated carbocycles. The molecule has 0 aliphatic carbocycles. The normalized spacial score (nSPS) is 10.0. The summed E-state index contributed by atoms with van der Waals surface area (Å²) in [5.74, 6) is -1.14. The fraction of sp³-hybridized carbons (Fsp3) is 0.143. The van der Waals surface area contributed by atoms with Crippen molar-refractivity contribution < 1.29 is 14.2 Å². The Kier molecular flexibility index (Phi) is 3.15. The van der Waals surface area contributed by atoms with Crippen molar-refractivity contribution in [2.75, 3.05) is 0 Å². The van der Waals surface area contributed by atoms with E-state index in [1.165, 1.54) is 0 Å². The summed E-state index contributed by atoms with van der Waals surface area (Å²) >= 11 is 5.51. The molecule has 0 N–H and O–H groups in total. The summed E-state index contributed by atoms with van der Waals surface area (Å²) in [6, 6.07) is 1.46. The van der Waals surface area contributed by atoms with Crippen molar-refractivity contribution in [3.8, 4) is 0 Å². The highest BCUT2D eigenvalue weighted by Gasteiger charge is 2.19. The van der Waals surface area contributed by atoms with Crippen LogP contribution in [0, 0.1) is 26.0 Å². The van der Waals surface area contributed by atoms with Crippen molar-refractivity contribution in [2.24, 2.45) is 0 Å². The maximum absolute atomic E-state index is 13.0. The van der Waals surface area contributed by atoms with Crippen LogP contribution in [0.15, 0.2) is 12.1 Å². The lowest BCUT2D eigenvalue weighted by Gasteiger charge is -2.00. The minimum absolute atomic E-state index is 0.0928. The first kappa shape index (κ1) is 11.3. The quantitative estimate of drug-likeness (QED) is 0.592. The van der Waals surface area contributed by atoms with Crippen LogP contribution in [0.1, 0.15) is 5.56 Å². The monoisotopic (exact) mass is 234 g/mol. The molecular weight excluding hydrogens is 231 g/mol. The largest absolute Gasteiger partial charge is 0.306 e. The molecule has 80 valence electrons. The van der Waals surface area contributed by atoms with Gasteiger partial charge in [-0.1, -0.05) is 11.6 Å². The van der Waals surface area contributed by atoms with Gasteiger partial charge in [0.05, 0.1) is 9.95 Å². The van der Waals surface area contributed by atoms with E-state index < -0.39 is 27.9 Å². The molecule has 0 amide bonds. The van der Waals surface area contributed by atoms with E-state index in [2.05, 4.69) is 0 Å². The smallest absolute Gasteiger partial charge is 0.264 e. The van der Waals surface area contributed by atoms with Crippen LogP contribution in [-0.4, -0.2) is 9.85 Å². The zero-order valence-electron chi connectivity index (χ0n) is 7.15. The van der Waals surface area contributed by atoms with E-state index in [0.29, 0.717) is 6.07 Å². The second-order valence-electron chi connectivity index (χ2n) is 2.64. The van der Waals surface area contributed by atoms with E-state index in [0.717, 1.165) is 6.07 Å². The molecule has 1 aromatic rings. The molecule has 0 radical (unpaired) electrons. The fourth-order valence-electron chi connectivity index (χ4n) is 0.978. The molecule has 0 bridgehead atoms. The zero-order chi connectivity index (χ0) is 11.6. The van der Waals surface area contributed by atoms with Gasteiger partial charge in [-0.05, 0) is 6.07 Å². The van der Waals surface area contributed by atoms with Gasteiger partial charge < -0.3 is 0 Å². The molecule has 0 unspecified atom stereocenters. The second kappa shape index (κ2) is 4.18. The molecule has 0 aliphatic rings. The first-order chi connectivity index (χ1) is 6.91. The molecule has 0 saturated heterocycles. The molecule has 6 nitrogen and oxygen atoms in total. The summed E-state index contributed by atoms with van der Waals surface area (Å²) in [5, 5.41) is 20.2. The SMILES string of the molecule is O=[N+]([O-])Cc1cc(F)c([N+](=O)[O-])cc1Cl. The summed E-state index contributed by atoms with van der Waals surface area (Å²) in [6.45, 7) is -0.673. The summed E-state index contributed by atoms with van der Waals surface area (Å²) in [4.78, 5) is 18.8. The minimum Gasteiger partial charge on any atom is -0.264 e. The van der Waals surface area contributed by atoms with Gasteiger partial charge in [0.2, 0.25) is 12.4 Å². The molecule has 0 heterocycles. The average Bonchev–Trinajstić information content (AvgIpc) is 2.09. The molecule has 1 aromatic carbocycles. The van der Waals surface area contributed by atoms with Gasteiger partial charge in [-0.3, -0.25) is 20.2 Å². The highest BCUT2D eigenvalue weighted by molar-refractivity contribution is 6.31. The van der Waals surface area contributed by atoms with Crippen molar-refractivity contribution in [1.29, 1.82) is 0 Å². The summed E-state index contributed by atoms with van der Waals surface area (Å²) in [7, 11) is 0. The number of halogens is 2. The third-order valence-corrected chi connectivity index (χ3v) is 1.96. The standard InChI is InChI=1S/C7H4ClFN2O4/c8-5-2-7(11(14)15)6(9)1-4(5)3-10(12)13/h1-2H,3H2. The number of hydrogen-bond donors (Lipinski definition) is 0. The van der Waals surface area contributed by atoms with Crippen molar-refractivity contribution in [3.05, 3.63) is 48.8 Å². The van der Waals surface area contributed by atoms with Crippen LogP contribution < -0.4 is 0 Å². The summed E-state index contributed by atoms with van der Waals surface area (Å²) in [5.41, 5.74) is -0.892. The van der Waals surface area contributed by atoms with E-state index in [1.807, 2.05) is 0 Å². The van der Waals surface area contributed by atoms with Gasteiger partial charge in [0.1, 0.15) is 0 Å². The molecule has 0 atom stereocenters. The molecule has 15 heavy (non-hydrogen) atoms. The van der Waals surface area contributed by atoms with Crippen LogP contribution in [0.4, 0.5) is 10.1 Å². The Morgan fingerprint density at radius 1 is 1.33 bits per heavy atom. The van der Waals surface area contributed by atoms with Gasteiger partial charge in [0.25, 0.3) is 0 Å². The molecule has 1 rings (SSSR count). The van der Waals surface area contributed by atoms with Crippen LogP contribution in [-0.2, 0) is 6.54 Å². The van der Waals surface area contributed by atoms with E-state index in [1.54, 1.807) is 0 Å². The number of nitro benzene ring substituents is 1. The topological polar surface area (TPSA) is 86.3 Å². The molecule has 0 aromatic heterocycles. The number of hydrogen-bond acceptors (Lipinski definition) is 4. The predicted molar refractivity (Wildman–Crippen MR) is 48.8 cm³/mol. The lowest BCUT2D eigenvalue weighted by Crippen LogP contribution is -2.01. The Bertz CT molecular complexity index is 437. The Hall–Kier alpha value is -1.76. The first-order valence-electron chi connectivity index (χ1n) is 3.66. The number of nitrogens with zero attached hydrogens (tertiary/aromatic N) is 2. The Morgan fingerprint density at radius 3 is 2.40 bits per heavy atom. The van der Waals surface area contributed by atoms with E-state index in [-0.39, 0.29) is 10.6 Å². The summed E-state index contributed by atoms with van der Waals surface area (Å²) < 4.78 is 13.0. The Balaban J connectivity index is 3.19. The third-order valence-electron chi connectivity index (χ3n) is 1.61. The highest BCUT2D eigenvalue weighted by atomic mass is 35.5. The van der Waals surface area contributed by atoms with Gasteiger partial charge in [-0.2, -0.15) is 4.39 Å². The van der Waals surface area contributed by atoms with Crippen LogP contribution in [0.25, 0.3) is 0 Å². The highest BCUT2D eigenvalue weighted by Crippen LogP contribution is 2.26. The Labute approximate surface area is 87.6 Å². The van der Waals surface area contributed by atoms with Gasteiger partial charge >= 0.3 is 5.69 Å². The van der Waals surface area contributed by atoms with E-state index in [9.17, 15) is 24.6 Å². The van der Waals surface area contributed by atoms with E-state index in [4.69, 9.17) is 11.6 Å². The average molecular weight is 235 g/mol. The van der Waals surface area contributed by atoms with Crippen LogP contribution in [0.2, 0.25) is 5.02 Å². The van der Waals surface area contributed by atoms with Gasteiger partial charge in [-0.15, -0.1) is 0 Å². The maximum atomic E-state index is 13.0. The molecule has 0 spiro atoms. The minimum atomic E-state index is -1.14. The van der Waals surface area contributed by atoms with E-state index >= 15 is 0 Å². The number of nitro groups is 2. The molecule has 0 aliphatic heterocycles. The summed E-state index contributed by atoms with van der Waals surface area (Å²) in [6.07, 6.45) is 0. The first-order valence-corrected chi connectivity index (χ1v) is 4.03. The predicted octanol–water partition coefficient (Wildman–Crippen LogP) is 2.16. The molecule has 8 heteroatoms. The molecule has 0 fully saturated rings. The van der Waals surface area contributed by atoms with Crippen molar-refractivity contribution in [1.82, 2.24) is 0 Å². The Morgan fingerprint density at radius 2 is 1.93 bits per heavy atom. The van der Waals surface area contributed by atoms with Crippen LogP contribution in [0.3, 0.4) is 0 Å². The van der Waals surface area contributed by atoms with Crippen molar-refractivity contribution in [3.63, 3.8) is 0 Å². The fourth-order valence-corrected chi connectivity index (χ4v) is 1.20. The van der Waals surface area contributed by atoms with Gasteiger partial charge in [0, 0.05) is 16.6 Å². The third kappa shape index (κ3) is 2.59. The van der Waals surface area contributed by atoms with Gasteiger partial charge in [-0.25, -0.2) is 0 Å². The number of rotatable bonds is 3. The van der Waals surface area contributed by atoms with Crippen molar-refractivity contribution >= 4 is 17.3 Å². The lowest BCUT2D eigenvalue weighted by molar-refractivity contribution is -0.496. The zero-order valence-corrected chi connectivity index (χ0v) is 7.90. The van der Waals surface area contributed by atoms with Gasteiger partial charge in [0.15, 0.2) is 0 Å². The van der Waals surface area contributed by atoms with Crippen LogP contribution >= 0.6 is 11.6 Å². The maximum Gasteiger partial charge on any atom is 0.306 e. The lowest BCUT2D eigenvalue weighted by atomic mass is 10.2. The number of benzene rings is 1. The van der Waals surface area contributed by atoms with Crippen LogP contribution in [0.5, 0.6) is 0 Å².